The zero-order valence-corrected chi connectivity index (χ0v) is 23.0. The van der Waals surface area contributed by atoms with Gasteiger partial charge < -0.3 is 0 Å². The highest BCUT2D eigenvalue weighted by atomic mass is 28.3. The molecule has 0 atom stereocenters. The van der Waals surface area contributed by atoms with Crippen molar-refractivity contribution in [1.29, 1.82) is 5.26 Å². The Bertz CT molecular complexity index is 1760. The van der Waals surface area contributed by atoms with Crippen molar-refractivity contribution >= 4 is 18.4 Å². The van der Waals surface area contributed by atoms with Crippen LogP contribution in [0.25, 0.3) is 44.6 Å². The molecule has 0 bridgehead atoms. The maximum Gasteiger partial charge on any atom is 0.215 e. The second kappa shape index (κ2) is 8.90. The Morgan fingerprint density at radius 2 is 1.34 bits per heavy atom. The number of aryl methyl sites for hydroxylation is 2. The molecule has 1 aliphatic rings. The van der Waals surface area contributed by atoms with Crippen LogP contribution in [0.4, 0.5) is 4.39 Å². The van der Waals surface area contributed by atoms with Crippen LogP contribution in [-0.4, -0.2) is 8.07 Å². The van der Waals surface area contributed by atoms with Gasteiger partial charge in [0, 0.05) is 17.7 Å². The quantitative estimate of drug-likeness (QED) is 0.197. The summed E-state index contributed by atoms with van der Waals surface area (Å²) < 4.78 is 16.5. The molecule has 0 fully saturated rings. The third-order valence-corrected chi connectivity index (χ3v) is 11.5. The van der Waals surface area contributed by atoms with Gasteiger partial charge in [-0.1, -0.05) is 85.9 Å². The third-order valence-electron chi connectivity index (χ3n) is 7.93. The fourth-order valence-electron chi connectivity index (χ4n) is 6.16. The number of rotatable bonds is 3. The number of pyridine rings is 1. The van der Waals surface area contributed by atoms with Crippen molar-refractivity contribution in [3.8, 4) is 50.7 Å². The second-order valence-corrected chi connectivity index (χ2v) is 14.9. The van der Waals surface area contributed by atoms with E-state index in [1.54, 1.807) is 12.3 Å². The molecule has 4 heteroatoms. The maximum absolute atomic E-state index is 14.5. The summed E-state index contributed by atoms with van der Waals surface area (Å²) in [4.78, 5) is 0. The Balaban J connectivity index is 1.60. The molecular weight excluding hydrogens is 483 g/mol. The number of nitrogens with zero attached hydrogens (tertiary/aromatic N) is 2. The number of nitriles is 1. The van der Waals surface area contributed by atoms with Gasteiger partial charge in [-0.3, -0.25) is 0 Å². The summed E-state index contributed by atoms with van der Waals surface area (Å²) in [5.74, 6) is -0.240. The van der Waals surface area contributed by atoms with E-state index in [1.807, 2.05) is 35.9 Å². The molecule has 0 radical (unpaired) electrons. The Labute approximate surface area is 224 Å². The van der Waals surface area contributed by atoms with Crippen LogP contribution >= 0.6 is 0 Å². The molecule has 2 nitrogen and oxygen atoms in total. The molecule has 0 aliphatic carbocycles. The van der Waals surface area contributed by atoms with Gasteiger partial charge in [-0.2, -0.15) is 5.26 Å². The predicted octanol–water partition coefficient (Wildman–Crippen LogP) is 6.63. The van der Waals surface area contributed by atoms with Gasteiger partial charge in [0.15, 0.2) is 6.20 Å². The first-order chi connectivity index (χ1) is 18.3. The van der Waals surface area contributed by atoms with Gasteiger partial charge in [-0.05, 0) is 62.3 Å². The van der Waals surface area contributed by atoms with Gasteiger partial charge in [0.2, 0.25) is 5.69 Å². The van der Waals surface area contributed by atoms with E-state index in [0.29, 0.717) is 5.56 Å². The summed E-state index contributed by atoms with van der Waals surface area (Å²) >= 11 is 0. The SMILES string of the molecule is Cc1ccc2c(c1-c1cc(F)cc[n+]1C)[Si](C)(C)c1c-2ccc(C#N)c1-c1ccc(-c2ccccc2)cc1. The largest absolute Gasteiger partial charge is 0.215 e. The molecule has 0 saturated heterocycles. The van der Waals surface area contributed by atoms with Crippen molar-refractivity contribution in [3.63, 3.8) is 0 Å². The molecule has 2 heterocycles. The van der Waals surface area contributed by atoms with Crippen LogP contribution in [0.2, 0.25) is 13.1 Å². The normalized spacial score (nSPS) is 13.1. The van der Waals surface area contributed by atoms with Gasteiger partial charge in [-0.25, -0.2) is 8.96 Å². The number of fused-ring (bicyclic) bond motifs is 3. The molecule has 0 amide bonds. The summed E-state index contributed by atoms with van der Waals surface area (Å²) in [5.41, 5.74) is 10.6. The van der Waals surface area contributed by atoms with Crippen LogP contribution in [0.1, 0.15) is 11.1 Å². The maximum atomic E-state index is 14.5. The van der Waals surface area contributed by atoms with E-state index in [4.69, 9.17) is 0 Å². The molecule has 0 spiro atoms. The molecule has 0 N–H and O–H groups in total. The van der Waals surface area contributed by atoms with E-state index in [0.717, 1.165) is 33.5 Å². The van der Waals surface area contributed by atoms with Gasteiger partial charge >= 0.3 is 0 Å². The molecule has 38 heavy (non-hydrogen) atoms. The van der Waals surface area contributed by atoms with Crippen molar-refractivity contribution in [3.05, 3.63) is 114 Å². The standard InChI is InChI=1S/C34H28FN2Si/c1-22-10-16-28-29-17-15-26(21-36)32(25-13-11-24(12-14-25)23-8-6-5-7-9-23)34(29)38(3,4)33(28)31(22)30-20-27(35)18-19-37(30)2/h5-20H,1-4H3/q+1. The van der Waals surface area contributed by atoms with Crippen LogP contribution in [0.15, 0.2) is 97.2 Å². The van der Waals surface area contributed by atoms with Crippen LogP contribution in [0.3, 0.4) is 0 Å². The van der Waals surface area contributed by atoms with Crippen LogP contribution < -0.4 is 14.9 Å². The van der Waals surface area contributed by atoms with E-state index in [2.05, 4.69) is 80.7 Å². The van der Waals surface area contributed by atoms with Crippen LogP contribution in [0.5, 0.6) is 0 Å². The number of hydrogen-bond acceptors (Lipinski definition) is 1. The zero-order chi connectivity index (χ0) is 26.6. The third kappa shape index (κ3) is 3.62. The summed E-state index contributed by atoms with van der Waals surface area (Å²) in [6.07, 6.45) is 1.79. The van der Waals surface area contributed by atoms with Gasteiger partial charge in [0.05, 0.1) is 11.6 Å². The van der Waals surface area contributed by atoms with Gasteiger partial charge in [-0.15, -0.1) is 0 Å². The van der Waals surface area contributed by atoms with Crippen molar-refractivity contribution in [2.75, 3.05) is 0 Å². The molecule has 1 aromatic heterocycles. The minimum absolute atomic E-state index is 0.240. The second-order valence-electron chi connectivity index (χ2n) is 10.6. The number of halogens is 1. The van der Waals surface area contributed by atoms with E-state index in [9.17, 15) is 9.65 Å². The first-order valence-corrected chi connectivity index (χ1v) is 15.8. The highest BCUT2D eigenvalue weighted by Gasteiger charge is 2.43. The lowest BCUT2D eigenvalue weighted by molar-refractivity contribution is -0.660. The monoisotopic (exact) mass is 511 g/mol. The Hall–Kier alpha value is -4.33. The van der Waals surface area contributed by atoms with Crippen molar-refractivity contribution in [2.45, 2.75) is 20.0 Å². The average Bonchev–Trinajstić information content (AvgIpc) is 3.17. The minimum atomic E-state index is -2.32. The lowest BCUT2D eigenvalue weighted by Crippen LogP contribution is -2.52. The minimum Gasteiger partial charge on any atom is -0.207 e. The molecule has 0 saturated carbocycles. The molecule has 1 aliphatic heterocycles. The summed E-state index contributed by atoms with van der Waals surface area (Å²) in [5, 5.41) is 12.8. The van der Waals surface area contributed by atoms with Crippen LogP contribution in [0, 0.1) is 24.1 Å². The fraction of sp³-hybridized carbons (Fsp3) is 0.118. The van der Waals surface area contributed by atoms with Crippen molar-refractivity contribution < 1.29 is 8.96 Å². The lowest BCUT2D eigenvalue weighted by atomic mass is 9.92. The number of hydrogen-bond donors (Lipinski definition) is 0. The molecule has 5 aromatic rings. The van der Waals surface area contributed by atoms with Crippen LogP contribution in [-0.2, 0) is 7.05 Å². The van der Waals surface area contributed by atoms with Gasteiger partial charge in [0.25, 0.3) is 0 Å². The molecular formula is C34H28FN2Si+. The van der Waals surface area contributed by atoms with Crippen molar-refractivity contribution in [1.82, 2.24) is 0 Å². The highest BCUT2D eigenvalue weighted by molar-refractivity contribution is 7.05. The molecule has 4 aromatic carbocycles. The first kappa shape index (κ1) is 24.0. The molecule has 6 rings (SSSR count). The summed E-state index contributed by atoms with van der Waals surface area (Å²) in [6.45, 7) is 6.84. The Morgan fingerprint density at radius 3 is 2.03 bits per heavy atom. The van der Waals surface area contributed by atoms with E-state index >= 15 is 0 Å². The summed E-state index contributed by atoms with van der Waals surface area (Å²) in [6, 6.07) is 32.9. The van der Waals surface area contributed by atoms with E-state index < -0.39 is 8.07 Å². The van der Waals surface area contributed by atoms with Crippen molar-refractivity contribution in [2.24, 2.45) is 7.05 Å². The van der Waals surface area contributed by atoms with E-state index in [1.165, 1.54) is 33.1 Å². The highest BCUT2D eigenvalue weighted by Crippen LogP contribution is 2.39. The first-order valence-electron chi connectivity index (χ1n) is 12.8. The average molecular weight is 512 g/mol. The smallest absolute Gasteiger partial charge is 0.207 e. The zero-order valence-electron chi connectivity index (χ0n) is 22.0. The number of benzene rings is 4. The Kier molecular flexibility index (Phi) is 5.63. The Morgan fingerprint density at radius 1 is 0.737 bits per heavy atom. The van der Waals surface area contributed by atoms with E-state index in [-0.39, 0.29) is 5.82 Å². The lowest BCUT2D eigenvalue weighted by Gasteiger charge is -2.25. The van der Waals surface area contributed by atoms with Gasteiger partial charge in [0.1, 0.15) is 20.9 Å². The predicted molar refractivity (Wildman–Crippen MR) is 156 cm³/mol. The summed E-state index contributed by atoms with van der Waals surface area (Å²) in [7, 11) is -0.350. The molecule has 0 unspecified atom stereocenters. The topological polar surface area (TPSA) is 27.7 Å². The fourth-order valence-corrected chi connectivity index (χ4v) is 10.0. The molecule has 184 valence electrons. The number of aromatic nitrogens is 1.